The Kier molecular flexibility index (Phi) is 24.3. The van der Waals surface area contributed by atoms with Gasteiger partial charge in [-0.25, -0.2) is 9.59 Å². The molecule has 4 aromatic carbocycles. The zero-order chi connectivity index (χ0) is 64.5. The highest BCUT2D eigenvalue weighted by Crippen LogP contribution is 2.41. The lowest BCUT2D eigenvalue weighted by atomic mass is 9.82. The third kappa shape index (κ3) is 16.7. The third-order valence-corrected chi connectivity index (χ3v) is 17.4. The van der Waals surface area contributed by atoms with Crippen LogP contribution in [0.3, 0.4) is 0 Å². The van der Waals surface area contributed by atoms with Gasteiger partial charge in [-0.05, 0) is 128 Å². The highest BCUT2D eigenvalue weighted by atomic mass is 16.7. The molecule has 0 spiro atoms. The van der Waals surface area contributed by atoms with Gasteiger partial charge in [-0.2, -0.15) is 0 Å². The summed E-state index contributed by atoms with van der Waals surface area (Å²) < 4.78 is 50.0. The maximum atomic E-state index is 13.1. The van der Waals surface area contributed by atoms with Gasteiger partial charge in [0.05, 0.1) is 54.7 Å². The summed E-state index contributed by atoms with van der Waals surface area (Å²) in [4.78, 5) is 52.7. The summed E-state index contributed by atoms with van der Waals surface area (Å²) in [6, 6.07) is 16.3. The van der Waals surface area contributed by atoms with Crippen molar-refractivity contribution in [1.29, 1.82) is 0 Å². The molecule has 0 saturated carbocycles. The summed E-state index contributed by atoms with van der Waals surface area (Å²) >= 11 is 0. The monoisotopic (exact) mass is 1230 g/mol. The van der Waals surface area contributed by atoms with Crippen molar-refractivity contribution in [3.63, 3.8) is 0 Å². The van der Waals surface area contributed by atoms with Crippen molar-refractivity contribution in [2.75, 3.05) is 35.3 Å². The predicted octanol–water partition coefficient (Wildman–Crippen LogP) is 6.72. The number of aldehydes is 1. The Morgan fingerprint density at radius 3 is 1.86 bits per heavy atom. The number of carbonyl (C=O) groups excluding carboxylic acids is 2. The fourth-order valence-electron chi connectivity index (χ4n) is 12.8. The second kappa shape index (κ2) is 30.7. The topological polar surface area (TPSA) is 310 Å². The zero-order valence-electron chi connectivity index (χ0n) is 52.1. The molecule has 22 heteroatoms. The number of esters is 1. The number of carboxylic acids is 2. The summed E-state index contributed by atoms with van der Waals surface area (Å²) in [6.45, 7) is 10.8. The number of allylic oxidation sites excluding steroid dienone is 2. The second-order valence-electron chi connectivity index (χ2n) is 24.5. The van der Waals surface area contributed by atoms with Crippen LogP contribution >= 0.6 is 0 Å². The lowest BCUT2D eigenvalue weighted by Crippen LogP contribution is -2.65. The molecule has 0 aromatic heterocycles. The Labute approximate surface area is 514 Å². The molecule has 4 heterocycles. The lowest BCUT2D eigenvalue weighted by Gasteiger charge is -2.50. The molecule has 0 radical (unpaired) electrons. The first-order chi connectivity index (χ1) is 41.6. The molecular weight excluding hydrogens is 1140 g/mol. The first-order valence-corrected chi connectivity index (χ1v) is 30.1. The summed E-state index contributed by atoms with van der Waals surface area (Å²) in [7, 11) is 9.03. The predicted molar refractivity (Wildman–Crippen MR) is 325 cm³/mol. The van der Waals surface area contributed by atoms with Crippen molar-refractivity contribution in [3.05, 3.63) is 107 Å². The number of rotatable bonds is 15. The Morgan fingerprint density at radius 2 is 1.33 bits per heavy atom. The number of benzene rings is 4. The van der Waals surface area contributed by atoms with Gasteiger partial charge in [-0.15, -0.1) is 0 Å². The first kappa shape index (κ1) is 69.5. The van der Waals surface area contributed by atoms with Crippen LogP contribution in [0.1, 0.15) is 118 Å². The molecule has 8 rings (SSSR count). The molecule has 4 aliphatic rings. The van der Waals surface area contributed by atoms with Crippen LogP contribution in [0.2, 0.25) is 0 Å². The van der Waals surface area contributed by atoms with Gasteiger partial charge in [0.25, 0.3) is 0 Å². The number of aromatic carboxylic acids is 2. The van der Waals surface area contributed by atoms with Crippen molar-refractivity contribution in [3.8, 4) is 11.5 Å². The van der Waals surface area contributed by atoms with Gasteiger partial charge < -0.3 is 93.3 Å². The van der Waals surface area contributed by atoms with Crippen LogP contribution in [0.4, 0.5) is 0 Å². The van der Waals surface area contributed by atoms with Crippen LogP contribution in [0.15, 0.2) is 85.0 Å². The highest BCUT2D eigenvalue weighted by molar-refractivity contribution is 6.02. The van der Waals surface area contributed by atoms with E-state index in [1.807, 2.05) is 52.2 Å². The third-order valence-electron chi connectivity index (χ3n) is 17.4. The van der Waals surface area contributed by atoms with E-state index in [1.165, 1.54) is 26.2 Å². The molecule has 8 N–H and O–H groups in total. The molecule has 4 aromatic rings. The van der Waals surface area contributed by atoms with Crippen LogP contribution in [-0.2, 0) is 53.9 Å². The van der Waals surface area contributed by atoms with Crippen LogP contribution < -0.4 is 0 Å². The number of hydrogen-bond donors (Lipinski definition) is 8. The Morgan fingerprint density at radius 1 is 0.739 bits per heavy atom. The fraction of sp³-hybridized carbons (Fsp3) is 0.576. The van der Waals surface area contributed by atoms with E-state index in [0.29, 0.717) is 51.9 Å². The van der Waals surface area contributed by atoms with E-state index in [2.05, 4.69) is 4.90 Å². The smallest absolute Gasteiger partial charge is 0.339 e. The fourth-order valence-corrected chi connectivity index (χ4v) is 12.8. The van der Waals surface area contributed by atoms with Crippen LogP contribution in [0.5, 0.6) is 11.5 Å². The number of aromatic hydroxyl groups is 2. The zero-order valence-corrected chi connectivity index (χ0v) is 52.1. The van der Waals surface area contributed by atoms with Crippen molar-refractivity contribution >= 4 is 45.7 Å². The summed E-state index contributed by atoms with van der Waals surface area (Å²) in [5, 5.41) is 87.9. The Balaban J connectivity index is 0.000000315. The van der Waals surface area contributed by atoms with Crippen molar-refractivity contribution < 1.29 is 97.9 Å². The van der Waals surface area contributed by atoms with Gasteiger partial charge in [-0.3, -0.25) is 4.79 Å². The molecule has 0 bridgehead atoms. The minimum atomic E-state index is -1.47. The quantitative estimate of drug-likeness (QED) is 0.0452. The number of hydrogen-bond acceptors (Lipinski definition) is 20. The number of aliphatic hydroxyl groups is 4. The number of fused-ring (bicyclic) bond motifs is 2. The SMILES string of the molecule is COC1C(O)CC(=O)OC(C)CC=CC=CC(OC2CCC(N(C)C)C(C)O2)C(C)CC(CC=O)C1OC1OC(C)C(OC2CC(C)(O)C(O)C(C)O2)C(N(C)C)C1O.O=C(O)c1cc2ccccc2c(Cc2c(O)c(C(=O)O)cc3ccccc23)c1O. The van der Waals surface area contributed by atoms with Crippen LogP contribution in [0.25, 0.3) is 21.5 Å². The number of carbonyl (C=O) groups is 4. The van der Waals surface area contributed by atoms with Gasteiger partial charge in [0.1, 0.15) is 59.4 Å². The van der Waals surface area contributed by atoms with Crippen LogP contribution in [0, 0.1) is 11.8 Å². The summed E-state index contributed by atoms with van der Waals surface area (Å²) in [6.07, 6.45) is -1.60. The van der Waals surface area contributed by atoms with E-state index in [4.69, 9.17) is 37.9 Å². The standard InChI is InChI=1S/C43H74N2O14.C23H16O6/c1-24-21-29(19-20-46)39(59-42-37(49)36(45(9)10)38(27(4)56-42)58-35-23-43(6,51)41(50)28(5)55-35)40(52-11)31(47)22-33(48)53-25(2)15-13-12-14-16-32(24)57-34-18-17-30(44(7)8)26(3)54-34;24-20-16(14-7-3-1-5-12(14)9-18(20)22(26)27)11-17-15-8-4-2-6-13(15)10-19(21(17)25)23(28)29/h12-14,16,20,24-32,34-42,47,49-51H,15,17-19,21-23H2,1-11H3;1-10,24-25H,11H2,(H,26,27)(H,28,29). The molecule has 484 valence electrons. The van der Waals surface area contributed by atoms with Gasteiger partial charge in [-0.1, -0.05) is 79.8 Å². The molecule has 88 heavy (non-hydrogen) atoms. The Bertz CT molecular complexity index is 2980. The largest absolute Gasteiger partial charge is 0.507 e. The van der Waals surface area contributed by atoms with E-state index in [0.717, 1.165) is 12.7 Å². The molecule has 3 fully saturated rings. The van der Waals surface area contributed by atoms with Crippen LogP contribution in [-0.4, -0.2) is 214 Å². The molecule has 22 nitrogen and oxygen atoms in total. The van der Waals surface area contributed by atoms with E-state index in [9.17, 15) is 60.0 Å². The first-order valence-electron chi connectivity index (χ1n) is 30.1. The molecule has 0 aliphatic carbocycles. The van der Waals surface area contributed by atoms with Gasteiger partial charge in [0.15, 0.2) is 18.9 Å². The van der Waals surface area contributed by atoms with Gasteiger partial charge in [0, 0.05) is 50.0 Å². The highest BCUT2D eigenvalue weighted by Gasteiger charge is 2.52. The summed E-state index contributed by atoms with van der Waals surface area (Å²) in [5.41, 5.74) is -1.36. The normalized spacial score (nSPS) is 33.6. The molecule has 4 aliphatic heterocycles. The van der Waals surface area contributed by atoms with E-state index < -0.39 is 133 Å². The van der Waals surface area contributed by atoms with Gasteiger partial charge in [0.2, 0.25) is 0 Å². The van der Waals surface area contributed by atoms with Crippen molar-refractivity contribution in [2.45, 2.75) is 197 Å². The molecule has 19 atom stereocenters. The molecular formula is C66H90N2O20. The van der Waals surface area contributed by atoms with E-state index in [1.54, 1.807) is 88.3 Å². The van der Waals surface area contributed by atoms with E-state index in [-0.39, 0.29) is 48.5 Å². The Hall–Kier alpha value is -5.96. The average molecular weight is 1230 g/mol. The maximum Gasteiger partial charge on any atom is 0.339 e. The number of ether oxygens (including phenoxy) is 8. The molecule has 19 unspecified atom stereocenters. The van der Waals surface area contributed by atoms with E-state index >= 15 is 0 Å². The minimum Gasteiger partial charge on any atom is -0.507 e. The number of phenols is 2. The number of methoxy groups -OCH3 is 1. The number of cyclic esters (lactones) is 1. The maximum absolute atomic E-state index is 13.1. The number of nitrogens with zero attached hydrogens (tertiary/aromatic N) is 2. The number of carboxylic acid groups (broad SMARTS) is 2. The lowest BCUT2D eigenvalue weighted by molar-refractivity contribution is -0.344. The van der Waals surface area contributed by atoms with Crippen molar-refractivity contribution in [1.82, 2.24) is 9.80 Å². The average Bonchev–Trinajstić information content (AvgIpc) is 0.934. The number of likely N-dealkylation sites (N-methyl/N-ethyl adjacent to an activating group) is 2. The summed E-state index contributed by atoms with van der Waals surface area (Å²) in [5.74, 6) is -4.82. The molecule has 0 amide bonds. The number of aliphatic hydroxyl groups excluding tert-OH is 3. The minimum absolute atomic E-state index is 0.00885. The van der Waals surface area contributed by atoms with Crippen molar-refractivity contribution in [2.24, 2.45) is 11.8 Å². The van der Waals surface area contributed by atoms with Gasteiger partial charge >= 0.3 is 17.9 Å². The second-order valence-corrected chi connectivity index (χ2v) is 24.5. The molecule has 3 saturated heterocycles.